The Balaban J connectivity index is 1.67. The molecule has 2 aromatic rings. The van der Waals surface area contributed by atoms with Crippen LogP contribution in [0.2, 0.25) is 5.02 Å². The molecule has 1 aliphatic heterocycles. The monoisotopic (exact) mass is 418 g/mol. The number of ether oxygens (including phenoxy) is 3. The van der Waals surface area contributed by atoms with E-state index in [2.05, 4.69) is 22.3 Å². The number of anilines is 1. The lowest BCUT2D eigenvalue weighted by Crippen LogP contribution is -2.33. The van der Waals surface area contributed by atoms with Crippen LogP contribution in [0.25, 0.3) is 0 Å². The quantitative estimate of drug-likeness (QED) is 0.682. The van der Waals surface area contributed by atoms with Crippen LogP contribution in [0.15, 0.2) is 36.4 Å². The maximum Gasteiger partial charge on any atom is 0.238 e. The number of amides is 1. The van der Waals surface area contributed by atoms with Crippen molar-refractivity contribution >= 4 is 23.2 Å². The third kappa shape index (κ3) is 5.14. The number of hydrogen-bond acceptors (Lipinski definition) is 5. The van der Waals surface area contributed by atoms with Gasteiger partial charge in [-0.15, -0.1) is 0 Å². The molecule has 1 N–H and O–H groups in total. The molecular formula is C22H27ClN2O4. The van der Waals surface area contributed by atoms with Crippen molar-refractivity contribution < 1.29 is 19.0 Å². The predicted molar refractivity (Wildman–Crippen MR) is 114 cm³/mol. The van der Waals surface area contributed by atoms with Gasteiger partial charge in [-0.1, -0.05) is 23.7 Å². The smallest absolute Gasteiger partial charge is 0.238 e. The zero-order valence-electron chi connectivity index (χ0n) is 17.0. The first kappa shape index (κ1) is 21.3. The molecule has 0 aromatic heterocycles. The molecular weight excluding hydrogens is 392 g/mol. The van der Waals surface area contributed by atoms with E-state index in [1.807, 2.05) is 19.1 Å². The highest BCUT2D eigenvalue weighted by Crippen LogP contribution is 2.36. The molecule has 1 aliphatic rings. The molecule has 2 aromatic carbocycles. The summed E-state index contributed by atoms with van der Waals surface area (Å²) in [6.45, 7) is 3.79. The van der Waals surface area contributed by atoms with Crippen LogP contribution in [0.1, 0.15) is 31.4 Å². The maximum absolute atomic E-state index is 12.7. The number of carbonyl (C=O) groups is 1. The van der Waals surface area contributed by atoms with Crippen LogP contribution in [0, 0.1) is 0 Å². The van der Waals surface area contributed by atoms with E-state index in [0.717, 1.165) is 25.1 Å². The van der Waals surface area contributed by atoms with Crippen molar-refractivity contribution in [2.24, 2.45) is 0 Å². The minimum atomic E-state index is -0.109. The van der Waals surface area contributed by atoms with Gasteiger partial charge in [-0.2, -0.15) is 0 Å². The van der Waals surface area contributed by atoms with Gasteiger partial charge in [0.1, 0.15) is 17.2 Å². The lowest BCUT2D eigenvalue weighted by atomic mass is 10.0. The summed E-state index contributed by atoms with van der Waals surface area (Å²) >= 11 is 6.20. The molecule has 1 saturated heterocycles. The molecule has 0 radical (unpaired) electrons. The van der Waals surface area contributed by atoms with Gasteiger partial charge in [-0.25, -0.2) is 0 Å². The van der Waals surface area contributed by atoms with E-state index in [1.165, 1.54) is 12.7 Å². The van der Waals surface area contributed by atoms with Crippen molar-refractivity contribution in [3.05, 3.63) is 47.0 Å². The Bertz CT molecular complexity index is 841. The average molecular weight is 419 g/mol. The van der Waals surface area contributed by atoms with Gasteiger partial charge in [-0.05, 0) is 50.1 Å². The first-order chi connectivity index (χ1) is 14.0. The fraction of sp³-hybridized carbons (Fsp3) is 0.409. The molecule has 0 bridgehead atoms. The van der Waals surface area contributed by atoms with Gasteiger partial charge >= 0.3 is 0 Å². The van der Waals surface area contributed by atoms with Gasteiger partial charge in [0.05, 0.1) is 38.1 Å². The van der Waals surface area contributed by atoms with Crippen molar-refractivity contribution in [2.45, 2.75) is 25.8 Å². The van der Waals surface area contributed by atoms with Gasteiger partial charge < -0.3 is 19.5 Å². The lowest BCUT2D eigenvalue weighted by molar-refractivity contribution is -0.117. The first-order valence-electron chi connectivity index (χ1n) is 9.73. The summed E-state index contributed by atoms with van der Waals surface area (Å²) in [6, 6.07) is 11.7. The van der Waals surface area contributed by atoms with E-state index in [1.54, 1.807) is 19.2 Å². The normalized spacial score (nSPS) is 16.5. The van der Waals surface area contributed by atoms with Crippen LogP contribution >= 0.6 is 11.6 Å². The third-order valence-electron chi connectivity index (χ3n) is 5.03. The minimum Gasteiger partial charge on any atom is -0.495 e. The fourth-order valence-corrected chi connectivity index (χ4v) is 3.92. The molecule has 0 aliphatic carbocycles. The molecule has 7 heteroatoms. The summed E-state index contributed by atoms with van der Waals surface area (Å²) in [4.78, 5) is 14.9. The van der Waals surface area contributed by atoms with Crippen LogP contribution in [0.3, 0.4) is 0 Å². The number of hydrogen-bond donors (Lipinski definition) is 1. The fourth-order valence-electron chi connectivity index (χ4n) is 3.68. The van der Waals surface area contributed by atoms with E-state index in [-0.39, 0.29) is 11.9 Å². The van der Waals surface area contributed by atoms with Crippen molar-refractivity contribution in [2.75, 3.05) is 39.2 Å². The molecule has 156 valence electrons. The second-order valence-corrected chi connectivity index (χ2v) is 7.27. The zero-order valence-corrected chi connectivity index (χ0v) is 17.8. The number of halogens is 1. The van der Waals surface area contributed by atoms with Gasteiger partial charge in [-0.3, -0.25) is 9.69 Å². The highest BCUT2D eigenvalue weighted by atomic mass is 35.5. The molecule has 1 unspecified atom stereocenters. The maximum atomic E-state index is 12.7. The van der Waals surface area contributed by atoms with Crippen LogP contribution in [0.5, 0.6) is 17.2 Å². The first-order valence-corrected chi connectivity index (χ1v) is 10.1. The molecule has 1 heterocycles. The summed E-state index contributed by atoms with van der Waals surface area (Å²) in [5, 5.41) is 3.33. The molecule has 3 rings (SSSR count). The topological polar surface area (TPSA) is 60.0 Å². The largest absolute Gasteiger partial charge is 0.495 e. The number of nitrogens with one attached hydrogen (secondary N) is 1. The summed E-state index contributed by atoms with van der Waals surface area (Å²) in [6.07, 6.45) is 2.09. The molecule has 0 saturated carbocycles. The number of likely N-dealkylation sites (tertiary alicyclic amines) is 1. The van der Waals surface area contributed by atoms with Crippen LogP contribution < -0.4 is 19.5 Å². The number of methoxy groups -OCH3 is 2. The Kier molecular flexibility index (Phi) is 7.23. The summed E-state index contributed by atoms with van der Waals surface area (Å²) in [7, 11) is 3.08. The van der Waals surface area contributed by atoms with E-state index in [0.29, 0.717) is 35.4 Å². The average Bonchev–Trinajstić information content (AvgIpc) is 3.17. The molecule has 1 amide bonds. The Hall–Kier alpha value is -2.44. The van der Waals surface area contributed by atoms with E-state index >= 15 is 0 Å². The minimum absolute atomic E-state index is 0.109. The molecule has 1 atom stereocenters. The van der Waals surface area contributed by atoms with Crippen molar-refractivity contribution in [3.8, 4) is 17.2 Å². The van der Waals surface area contributed by atoms with E-state index in [4.69, 9.17) is 25.8 Å². The molecule has 6 nitrogen and oxygen atoms in total. The van der Waals surface area contributed by atoms with Crippen molar-refractivity contribution in [3.63, 3.8) is 0 Å². The van der Waals surface area contributed by atoms with E-state index in [9.17, 15) is 4.79 Å². The van der Waals surface area contributed by atoms with Crippen molar-refractivity contribution in [1.82, 2.24) is 4.90 Å². The predicted octanol–water partition coefficient (Wildman–Crippen LogP) is 4.53. The van der Waals surface area contributed by atoms with Gasteiger partial charge in [0.25, 0.3) is 0 Å². The van der Waals surface area contributed by atoms with Crippen LogP contribution in [-0.4, -0.2) is 44.7 Å². The number of carbonyl (C=O) groups excluding carboxylic acids is 1. The van der Waals surface area contributed by atoms with Crippen LogP contribution in [0.4, 0.5) is 5.69 Å². The molecule has 0 spiro atoms. The zero-order chi connectivity index (χ0) is 20.8. The van der Waals surface area contributed by atoms with Crippen LogP contribution in [-0.2, 0) is 4.79 Å². The number of nitrogens with zero attached hydrogens (tertiary/aromatic N) is 1. The second kappa shape index (κ2) is 9.85. The van der Waals surface area contributed by atoms with Gasteiger partial charge in [0, 0.05) is 12.1 Å². The third-order valence-corrected chi connectivity index (χ3v) is 5.33. The SMILES string of the molecule is CCOc1ccc(C2CCCN2CC(=O)Nc2cc(Cl)c(OC)cc2OC)cc1. The Morgan fingerprint density at radius 3 is 2.55 bits per heavy atom. The van der Waals surface area contributed by atoms with Crippen molar-refractivity contribution in [1.29, 1.82) is 0 Å². The summed E-state index contributed by atoms with van der Waals surface area (Å²) in [5.74, 6) is 1.75. The highest BCUT2D eigenvalue weighted by molar-refractivity contribution is 6.32. The van der Waals surface area contributed by atoms with E-state index < -0.39 is 0 Å². The second-order valence-electron chi connectivity index (χ2n) is 6.87. The summed E-state index contributed by atoms with van der Waals surface area (Å²) < 4.78 is 16.1. The molecule has 29 heavy (non-hydrogen) atoms. The van der Waals surface area contributed by atoms with Gasteiger partial charge in [0.2, 0.25) is 5.91 Å². The van der Waals surface area contributed by atoms with Gasteiger partial charge in [0.15, 0.2) is 0 Å². The Morgan fingerprint density at radius 2 is 1.90 bits per heavy atom. The summed E-state index contributed by atoms with van der Waals surface area (Å²) in [5.41, 5.74) is 1.73. The highest BCUT2D eigenvalue weighted by Gasteiger charge is 2.28. The number of rotatable bonds is 8. The number of benzene rings is 2. The Morgan fingerprint density at radius 1 is 1.17 bits per heavy atom. The molecule has 1 fully saturated rings. The Labute approximate surface area is 176 Å². The lowest BCUT2D eigenvalue weighted by Gasteiger charge is -2.24. The standard InChI is InChI=1S/C22H27ClN2O4/c1-4-29-16-9-7-15(8-10-16)19-6-5-11-25(19)14-22(26)24-18-12-17(23)20(27-2)13-21(18)28-3/h7-10,12-13,19H,4-6,11,14H2,1-3H3,(H,24,26).